The third-order valence-electron chi connectivity index (χ3n) is 1.64. The van der Waals surface area contributed by atoms with Crippen molar-refractivity contribution in [2.24, 2.45) is 0 Å². The molecule has 0 amide bonds. The van der Waals surface area contributed by atoms with Crippen LogP contribution in [0.15, 0.2) is 12.5 Å². The number of hydrogen-bond donors (Lipinski definition) is 1. The van der Waals surface area contributed by atoms with Crippen LogP contribution in [0.5, 0.6) is 0 Å². The van der Waals surface area contributed by atoms with E-state index >= 15 is 0 Å². The van der Waals surface area contributed by atoms with Gasteiger partial charge in [0, 0.05) is 10.1 Å². The van der Waals surface area contributed by atoms with E-state index in [1.165, 1.54) is 20.8 Å². The van der Waals surface area contributed by atoms with Crippen molar-refractivity contribution in [3.05, 3.63) is 12.5 Å². The first-order valence-corrected chi connectivity index (χ1v) is 12.5. The third-order valence-corrected chi connectivity index (χ3v) is 5.50. The first-order chi connectivity index (χ1) is 13.0. The SMILES string of the molecule is CC(C)(C)OP(=O)([O-])OCCOOOOO/C=C/OP(=O)([O-])OCSSCO. The number of phosphoric acid groups is 2. The summed E-state index contributed by atoms with van der Waals surface area (Å²) in [5.41, 5.74) is -0.940. The highest BCUT2D eigenvalue weighted by atomic mass is 33.1. The van der Waals surface area contributed by atoms with E-state index in [1.807, 2.05) is 0 Å². The molecule has 0 aromatic rings. The molecule has 0 rings (SSSR count). The summed E-state index contributed by atoms with van der Waals surface area (Å²) in [6.07, 6.45) is 1.18. The highest BCUT2D eigenvalue weighted by Crippen LogP contribution is 2.42. The van der Waals surface area contributed by atoms with Crippen LogP contribution in [-0.2, 0) is 52.1 Å². The summed E-state index contributed by atoms with van der Waals surface area (Å²) in [4.78, 5) is 31.0. The molecule has 0 radical (unpaired) electrons. The molecule has 0 aliphatic heterocycles. The lowest BCUT2D eigenvalue weighted by Crippen LogP contribution is -2.23. The minimum Gasteiger partial charge on any atom is -0.756 e. The van der Waals surface area contributed by atoms with Gasteiger partial charge in [0.15, 0.2) is 6.26 Å². The van der Waals surface area contributed by atoms with Crippen LogP contribution in [0.2, 0.25) is 0 Å². The summed E-state index contributed by atoms with van der Waals surface area (Å²) in [7, 11) is -7.15. The van der Waals surface area contributed by atoms with Gasteiger partial charge in [-0.1, -0.05) is 21.6 Å². The second-order valence-electron chi connectivity index (χ2n) is 5.04. The number of rotatable bonds is 17. The van der Waals surface area contributed by atoms with Crippen molar-refractivity contribution in [3.63, 3.8) is 0 Å². The van der Waals surface area contributed by atoms with Gasteiger partial charge in [0.05, 0.1) is 18.1 Å². The van der Waals surface area contributed by atoms with E-state index in [0.29, 0.717) is 12.5 Å². The van der Waals surface area contributed by atoms with Gasteiger partial charge in [0.2, 0.25) is 0 Å². The molecule has 0 aliphatic rings. The lowest BCUT2D eigenvalue weighted by atomic mass is 10.2. The Hall–Kier alpha value is 0.1000. The Morgan fingerprint density at radius 1 is 0.964 bits per heavy atom. The molecular weight excluding hydrogens is 470 g/mol. The van der Waals surface area contributed by atoms with Crippen LogP contribution in [0, 0.1) is 0 Å². The predicted molar refractivity (Wildman–Crippen MR) is 90.7 cm³/mol. The molecule has 0 bridgehead atoms. The molecule has 0 fully saturated rings. The lowest BCUT2D eigenvalue weighted by molar-refractivity contribution is -0.700. The van der Waals surface area contributed by atoms with E-state index < -0.39 is 27.9 Å². The Bertz CT molecular complexity index is 527. The van der Waals surface area contributed by atoms with Crippen molar-refractivity contribution in [3.8, 4) is 0 Å². The Labute approximate surface area is 168 Å². The Kier molecular flexibility index (Phi) is 15.0. The molecule has 0 aromatic heterocycles. The maximum atomic E-state index is 11.4. The molecule has 1 N–H and O–H groups in total. The molecule has 14 nitrogen and oxygen atoms in total. The van der Waals surface area contributed by atoms with Gasteiger partial charge in [-0.3, -0.25) is 13.7 Å². The summed E-state index contributed by atoms with van der Waals surface area (Å²) in [6.45, 7) is 3.80. The molecule has 0 saturated heterocycles. The molecule has 0 saturated carbocycles. The lowest BCUT2D eigenvalue weighted by Gasteiger charge is -2.30. The molecule has 28 heavy (non-hydrogen) atoms. The van der Waals surface area contributed by atoms with Gasteiger partial charge in [-0.25, -0.2) is 4.89 Å². The van der Waals surface area contributed by atoms with Crippen molar-refractivity contribution in [1.82, 2.24) is 0 Å². The highest BCUT2D eigenvalue weighted by molar-refractivity contribution is 8.76. The maximum absolute atomic E-state index is 11.4. The topological polar surface area (TPSA) is 184 Å². The van der Waals surface area contributed by atoms with Gasteiger partial charge in [-0.15, -0.1) is 0 Å². The smallest absolute Gasteiger partial charge is 0.320 e. The summed E-state index contributed by atoms with van der Waals surface area (Å²) >= 11 is 0. The average molecular weight is 490 g/mol. The second-order valence-corrected chi connectivity index (χ2v) is 10.1. The van der Waals surface area contributed by atoms with E-state index in [0.717, 1.165) is 21.6 Å². The zero-order valence-corrected chi connectivity index (χ0v) is 18.4. The van der Waals surface area contributed by atoms with Crippen LogP contribution in [-0.4, -0.2) is 35.8 Å². The quantitative estimate of drug-likeness (QED) is 0.0584. The average Bonchev–Trinajstić information content (AvgIpc) is 2.54. The van der Waals surface area contributed by atoms with Gasteiger partial charge in [-0.2, -0.15) is 0 Å². The molecule has 2 unspecified atom stereocenters. The fourth-order valence-corrected chi connectivity index (χ4v) is 3.89. The normalized spacial score (nSPS) is 16.6. The van der Waals surface area contributed by atoms with E-state index in [9.17, 15) is 18.9 Å². The minimum atomic E-state index is -4.59. The minimum absolute atomic E-state index is 0.201. The van der Waals surface area contributed by atoms with E-state index in [4.69, 9.17) is 5.11 Å². The Morgan fingerprint density at radius 3 is 2.32 bits per heavy atom. The van der Waals surface area contributed by atoms with Gasteiger partial charge < -0.3 is 33.4 Å². The third kappa shape index (κ3) is 19.4. The first kappa shape index (κ1) is 28.1. The molecule has 2 atom stereocenters. The van der Waals surface area contributed by atoms with E-state index in [-0.39, 0.29) is 18.5 Å². The van der Waals surface area contributed by atoms with Gasteiger partial charge in [0.1, 0.15) is 18.8 Å². The largest absolute Gasteiger partial charge is 0.756 e. The number of hydrogen-bond acceptors (Lipinski definition) is 16. The monoisotopic (exact) mass is 490 g/mol. The molecule has 0 spiro atoms. The van der Waals surface area contributed by atoms with E-state index in [2.05, 4.69) is 43.0 Å². The van der Waals surface area contributed by atoms with Crippen LogP contribution < -0.4 is 9.79 Å². The second kappa shape index (κ2) is 15.0. The molecular formula is C10H20O14P2S2-2. The molecule has 0 aromatic carbocycles. The number of aliphatic hydroxyl groups is 1. The highest BCUT2D eigenvalue weighted by Gasteiger charge is 2.20. The Balaban J connectivity index is 3.62. The first-order valence-electron chi connectivity index (χ1n) is 7.06. The van der Waals surface area contributed by atoms with Gasteiger partial charge in [0.25, 0.3) is 7.82 Å². The van der Waals surface area contributed by atoms with Crippen LogP contribution >= 0.6 is 37.2 Å². The van der Waals surface area contributed by atoms with Crippen LogP contribution in [0.4, 0.5) is 0 Å². The zero-order chi connectivity index (χ0) is 21.5. The molecule has 168 valence electrons. The van der Waals surface area contributed by atoms with Crippen molar-refractivity contribution in [2.75, 3.05) is 25.1 Å². The van der Waals surface area contributed by atoms with Crippen molar-refractivity contribution in [2.45, 2.75) is 26.4 Å². The van der Waals surface area contributed by atoms with Gasteiger partial charge >= 0.3 is 7.82 Å². The standard InChI is InChI=1S/C10H22O14P2S2/c1-10(2,3)21-26(14,15)19-7-5-17-23-24-22-16-4-6-18-25(12,13)20-9-28-27-8-11/h4,6,11H,5,7-9H2,1-3H3,(H,12,13)(H,14,15)/p-2/b6-4+. The van der Waals surface area contributed by atoms with Crippen LogP contribution in [0.3, 0.4) is 0 Å². The summed E-state index contributed by atoms with van der Waals surface area (Å²) in [5.74, 6) is -0.466. The number of aliphatic hydroxyl groups excluding tert-OH is 1. The fraction of sp³-hybridized carbons (Fsp3) is 0.800. The fourth-order valence-electron chi connectivity index (χ4n) is 0.958. The van der Waals surface area contributed by atoms with Crippen molar-refractivity contribution in [1.29, 1.82) is 0 Å². The summed E-state index contributed by atoms with van der Waals surface area (Å²) < 4.78 is 40.3. The number of phosphoric ester groups is 2. The van der Waals surface area contributed by atoms with Crippen LogP contribution in [0.1, 0.15) is 20.8 Å². The molecule has 18 heteroatoms. The van der Waals surface area contributed by atoms with Gasteiger partial charge in [-0.05, 0) is 25.8 Å². The Morgan fingerprint density at radius 2 is 1.68 bits per heavy atom. The summed E-state index contributed by atoms with van der Waals surface area (Å²) in [5, 5.41) is 20.2. The molecule has 0 aliphatic carbocycles. The predicted octanol–water partition coefficient (Wildman–Crippen LogP) is 1.29. The van der Waals surface area contributed by atoms with Crippen molar-refractivity contribution < 1.29 is 67.0 Å². The van der Waals surface area contributed by atoms with Crippen LogP contribution in [0.25, 0.3) is 0 Å². The maximum Gasteiger partial charge on any atom is 0.320 e. The summed E-state index contributed by atoms with van der Waals surface area (Å²) in [6, 6.07) is 0. The van der Waals surface area contributed by atoms with Crippen molar-refractivity contribution >= 4 is 37.2 Å². The van der Waals surface area contributed by atoms with E-state index in [1.54, 1.807) is 0 Å². The zero-order valence-electron chi connectivity index (χ0n) is 14.9. The molecule has 0 heterocycles.